The molecule has 2 unspecified atom stereocenters. The van der Waals surface area contributed by atoms with E-state index in [1.54, 1.807) is 6.08 Å². The van der Waals surface area contributed by atoms with E-state index in [0.717, 1.165) is 11.1 Å². The van der Waals surface area contributed by atoms with Crippen LogP contribution in [0.15, 0.2) is 65.1 Å². The molecule has 2 atom stereocenters. The van der Waals surface area contributed by atoms with Crippen molar-refractivity contribution in [2.45, 2.75) is 24.0 Å². The maximum absolute atomic E-state index is 13.0. The van der Waals surface area contributed by atoms with Crippen LogP contribution in [0.3, 0.4) is 0 Å². The van der Waals surface area contributed by atoms with Crippen LogP contribution in [0.4, 0.5) is 0 Å². The molecule has 2 nitrogen and oxygen atoms in total. The van der Waals surface area contributed by atoms with E-state index in [4.69, 9.17) is 0 Å². The number of Topliss-reactive ketones (excluding diaryl/α,β-unsaturated/α-hetero) is 1. The smallest absolute Gasteiger partial charge is 0.191 e. The van der Waals surface area contributed by atoms with Crippen molar-refractivity contribution >= 4 is 16.6 Å². The second-order valence-corrected chi connectivity index (χ2v) is 6.67. The molecule has 1 aliphatic rings. The Bertz CT molecular complexity index is 760. The molecule has 0 aliphatic carbocycles. The summed E-state index contributed by atoms with van der Waals surface area (Å²) in [5.41, 5.74) is 3.13. The number of hydrogen-bond acceptors (Lipinski definition) is 2. The average Bonchev–Trinajstić information content (AvgIpc) is 2.51. The maximum Gasteiger partial charge on any atom is 0.191 e. The van der Waals surface area contributed by atoms with E-state index < -0.39 is 10.8 Å². The molecule has 3 rings (SSSR count). The summed E-state index contributed by atoms with van der Waals surface area (Å²) in [7, 11) is -1.25. The number of hydrogen-bond donors (Lipinski definition) is 0. The lowest BCUT2D eigenvalue weighted by atomic mass is 9.94. The summed E-state index contributed by atoms with van der Waals surface area (Å²) in [5.74, 6) is -0.00958. The highest BCUT2D eigenvalue weighted by Gasteiger charge is 2.36. The van der Waals surface area contributed by atoms with E-state index in [-0.39, 0.29) is 11.0 Å². The minimum absolute atomic E-state index is 0.00958. The number of fused-ring (bicyclic) bond motifs is 1. The van der Waals surface area contributed by atoms with Gasteiger partial charge in [0, 0.05) is 11.1 Å². The minimum Gasteiger partial charge on any atom is -0.289 e. The van der Waals surface area contributed by atoms with Crippen molar-refractivity contribution < 1.29 is 9.00 Å². The molecule has 0 fully saturated rings. The topological polar surface area (TPSA) is 34.1 Å². The Kier molecular flexibility index (Phi) is 3.60. The maximum atomic E-state index is 13.0. The molecular weight excluding hydrogens is 280 g/mol. The normalized spacial score (nSPS) is 23.1. The van der Waals surface area contributed by atoms with Crippen molar-refractivity contribution in [1.29, 1.82) is 0 Å². The molecule has 2 aromatic rings. The number of carbonyl (C=O) groups is 1. The van der Waals surface area contributed by atoms with Gasteiger partial charge in [0.15, 0.2) is 5.78 Å². The standard InChI is InChI=1S/C18H16O2S/c1-3-14-17(19)15-11-12(2)9-10-16(15)21(20)18(14)13-7-5-4-6-8-13/h3-11,18H,1-2H3. The number of allylic oxidation sites excluding steroid dienone is 1. The summed E-state index contributed by atoms with van der Waals surface area (Å²) in [6, 6.07) is 15.2. The van der Waals surface area contributed by atoms with Crippen molar-refractivity contribution in [1.82, 2.24) is 0 Å². The molecule has 0 radical (unpaired) electrons. The van der Waals surface area contributed by atoms with Gasteiger partial charge < -0.3 is 0 Å². The summed E-state index contributed by atoms with van der Waals surface area (Å²) < 4.78 is 13.0. The molecule has 1 heterocycles. The lowest BCUT2D eigenvalue weighted by molar-refractivity contribution is 0.102. The van der Waals surface area contributed by atoms with E-state index >= 15 is 0 Å². The molecule has 0 saturated carbocycles. The zero-order valence-corrected chi connectivity index (χ0v) is 12.8. The van der Waals surface area contributed by atoms with E-state index in [0.29, 0.717) is 16.0 Å². The van der Waals surface area contributed by atoms with Crippen LogP contribution in [-0.4, -0.2) is 9.99 Å². The molecule has 2 aromatic carbocycles. The van der Waals surface area contributed by atoms with Gasteiger partial charge in [0.05, 0.1) is 20.9 Å². The van der Waals surface area contributed by atoms with Gasteiger partial charge in [-0.25, -0.2) is 0 Å². The third-order valence-corrected chi connectivity index (χ3v) is 5.51. The Hall–Kier alpha value is -2.00. The number of ketones is 1. The summed E-state index contributed by atoms with van der Waals surface area (Å²) >= 11 is 0. The third kappa shape index (κ3) is 2.28. The quantitative estimate of drug-likeness (QED) is 0.746. The van der Waals surface area contributed by atoms with E-state index in [1.165, 1.54) is 0 Å². The van der Waals surface area contributed by atoms with Crippen LogP contribution < -0.4 is 0 Å². The van der Waals surface area contributed by atoms with Crippen molar-refractivity contribution in [3.63, 3.8) is 0 Å². The SMILES string of the molecule is CC=C1C(=O)c2cc(C)ccc2S(=O)C1c1ccccc1. The summed E-state index contributed by atoms with van der Waals surface area (Å²) in [6.07, 6.45) is 1.79. The first-order valence-corrected chi connectivity index (χ1v) is 8.12. The van der Waals surface area contributed by atoms with Crippen molar-refractivity contribution in [2.24, 2.45) is 0 Å². The summed E-state index contributed by atoms with van der Waals surface area (Å²) in [6.45, 7) is 3.77. The molecule has 0 amide bonds. The number of benzene rings is 2. The first kappa shape index (κ1) is 14.0. The Balaban J connectivity index is 2.22. The van der Waals surface area contributed by atoms with E-state index in [9.17, 15) is 9.00 Å². The monoisotopic (exact) mass is 296 g/mol. The van der Waals surface area contributed by atoms with Crippen LogP contribution in [0.25, 0.3) is 0 Å². The lowest BCUT2D eigenvalue weighted by Gasteiger charge is -2.26. The zero-order valence-electron chi connectivity index (χ0n) is 12.0. The van der Waals surface area contributed by atoms with Crippen LogP contribution in [-0.2, 0) is 10.8 Å². The van der Waals surface area contributed by atoms with Crippen molar-refractivity contribution in [3.8, 4) is 0 Å². The average molecular weight is 296 g/mol. The Morgan fingerprint density at radius 3 is 2.48 bits per heavy atom. The largest absolute Gasteiger partial charge is 0.289 e. The summed E-state index contributed by atoms with van der Waals surface area (Å²) in [5, 5.41) is -0.376. The molecule has 0 N–H and O–H groups in total. The molecular formula is C18H16O2S. The highest BCUT2D eigenvalue weighted by Crippen LogP contribution is 2.40. The molecule has 0 saturated heterocycles. The van der Waals surface area contributed by atoms with E-state index in [1.807, 2.05) is 62.4 Å². The fraction of sp³-hybridized carbons (Fsp3) is 0.167. The van der Waals surface area contributed by atoms with Gasteiger partial charge in [-0.15, -0.1) is 0 Å². The number of carbonyl (C=O) groups excluding carboxylic acids is 1. The minimum atomic E-state index is -1.25. The van der Waals surface area contributed by atoms with Crippen molar-refractivity contribution in [3.05, 3.63) is 76.9 Å². The van der Waals surface area contributed by atoms with Gasteiger partial charge in [0.1, 0.15) is 0 Å². The van der Waals surface area contributed by atoms with Gasteiger partial charge in [-0.05, 0) is 31.5 Å². The van der Waals surface area contributed by atoms with Crippen LogP contribution in [0.1, 0.15) is 33.7 Å². The zero-order chi connectivity index (χ0) is 15.0. The molecule has 3 heteroatoms. The van der Waals surface area contributed by atoms with Gasteiger partial charge in [0.2, 0.25) is 0 Å². The molecule has 0 bridgehead atoms. The first-order chi connectivity index (χ1) is 10.1. The van der Waals surface area contributed by atoms with Crippen LogP contribution >= 0.6 is 0 Å². The van der Waals surface area contributed by atoms with Crippen molar-refractivity contribution in [2.75, 3.05) is 0 Å². The van der Waals surface area contributed by atoms with Gasteiger partial charge in [-0.1, -0.05) is 48.0 Å². The second kappa shape index (κ2) is 5.41. The van der Waals surface area contributed by atoms with E-state index in [2.05, 4.69) is 0 Å². The molecule has 0 spiro atoms. The third-order valence-electron chi connectivity index (χ3n) is 3.77. The van der Waals surface area contributed by atoms with Crippen LogP contribution in [0.5, 0.6) is 0 Å². The van der Waals surface area contributed by atoms with Gasteiger partial charge in [-0.3, -0.25) is 9.00 Å². The molecule has 106 valence electrons. The second-order valence-electron chi connectivity index (χ2n) is 5.16. The Morgan fingerprint density at radius 2 is 1.81 bits per heavy atom. The highest BCUT2D eigenvalue weighted by atomic mass is 32.2. The number of aryl methyl sites for hydroxylation is 1. The van der Waals surface area contributed by atoms with Gasteiger partial charge in [0.25, 0.3) is 0 Å². The fourth-order valence-electron chi connectivity index (χ4n) is 2.73. The van der Waals surface area contributed by atoms with Crippen LogP contribution in [0.2, 0.25) is 0 Å². The molecule has 1 aliphatic heterocycles. The molecule has 0 aromatic heterocycles. The van der Waals surface area contributed by atoms with Crippen LogP contribution in [0, 0.1) is 6.92 Å². The predicted molar refractivity (Wildman–Crippen MR) is 84.9 cm³/mol. The van der Waals surface area contributed by atoms with Gasteiger partial charge >= 0.3 is 0 Å². The van der Waals surface area contributed by atoms with Gasteiger partial charge in [-0.2, -0.15) is 0 Å². The summed E-state index contributed by atoms with van der Waals surface area (Å²) in [4.78, 5) is 13.4. The predicted octanol–water partition coefficient (Wildman–Crippen LogP) is 3.99. The lowest BCUT2D eigenvalue weighted by Crippen LogP contribution is -2.24. The Morgan fingerprint density at radius 1 is 1.10 bits per heavy atom. The number of rotatable bonds is 1. The highest BCUT2D eigenvalue weighted by molar-refractivity contribution is 7.85. The Labute approximate surface area is 127 Å². The fourth-order valence-corrected chi connectivity index (χ4v) is 4.43. The first-order valence-electron chi connectivity index (χ1n) is 6.90. The molecule has 21 heavy (non-hydrogen) atoms.